The Balaban J connectivity index is 2.05. The molecule has 1 aliphatic heterocycles. The lowest BCUT2D eigenvalue weighted by Crippen LogP contribution is -2.32. The third-order valence-electron chi connectivity index (χ3n) is 3.61. The van der Waals surface area contributed by atoms with Gasteiger partial charge in [-0.05, 0) is 36.8 Å². The van der Waals surface area contributed by atoms with Gasteiger partial charge in [0.2, 0.25) is 5.09 Å². The van der Waals surface area contributed by atoms with Crippen molar-refractivity contribution in [2.75, 3.05) is 6.54 Å². The highest BCUT2D eigenvalue weighted by Crippen LogP contribution is 2.38. The molecule has 1 aromatic heterocycles. The van der Waals surface area contributed by atoms with Crippen molar-refractivity contribution in [3.8, 4) is 0 Å². The molecule has 1 aliphatic rings. The van der Waals surface area contributed by atoms with Crippen molar-refractivity contribution in [1.29, 1.82) is 0 Å². The average Bonchev–Trinajstić information content (AvgIpc) is 3.11. The van der Waals surface area contributed by atoms with Crippen LogP contribution in [0.1, 0.15) is 18.0 Å². The molecular formula is C14H13F2NO4S. The van der Waals surface area contributed by atoms with Crippen LogP contribution in [0.15, 0.2) is 46.1 Å². The first kappa shape index (κ1) is 15.1. The monoisotopic (exact) mass is 329 g/mol. The van der Waals surface area contributed by atoms with Gasteiger partial charge >= 0.3 is 0 Å². The predicted octanol–water partition coefficient (Wildman–Crippen LogP) is 2.05. The number of rotatable bonds is 3. The number of sulfonamides is 1. The highest BCUT2D eigenvalue weighted by molar-refractivity contribution is 7.89. The summed E-state index contributed by atoms with van der Waals surface area (Å²) < 4.78 is 58.2. The van der Waals surface area contributed by atoms with Crippen molar-refractivity contribution < 1.29 is 26.7 Å². The first-order valence-electron chi connectivity index (χ1n) is 6.58. The molecule has 1 fully saturated rings. The van der Waals surface area contributed by atoms with Gasteiger partial charge in [-0.25, -0.2) is 17.2 Å². The smallest absolute Gasteiger partial charge is 0.277 e. The van der Waals surface area contributed by atoms with Gasteiger partial charge in [-0.1, -0.05) is 0 Å². The standard InChI is InChI=1S/C14H13F2NO4S/c15-9-3-4-12(16)11(6-9)13-7-10(18)8-17(13)22(19,20)14-2-1-5-21-14/h1-6,10,13,18H,7-8H2/t10-,13+/m0/s1. The Labute approximate surface area is 125 Å². The summed E-state index contributed by atoms with van der Waals surface area (Å²) in [5, 5.41) is 9.50. The number of aliphatic hydroxyl groups is 1. The van der Waals surface area contributed by atoms with Crippen LogP contribution in [0.4, 0.5) is 8.78 Å². The van der Waals surface area contributed by atoms with Crippen LogP contribution < -0.4 is 0 Å². The number of hydrogen-bond donors (Lipinski definition) is 1. The molecule has 2 aromatic rings. The lowest BCUT2D eigenvalue weighted by molar-refractivity contribution is 0.188. The van der Waals surface area contributed by atoms with E-state index in [1.165, 1.54) is 18.4 Å². The number of furan rings is 1. The van der Waals surface area contributed by atoms with Gasteiger partial charge in [0.15, 0.2) is 0 Å². The second-order valence-corrected chi connectivity index (χ2v) is 6.90. The molecule has 0 spiro atoms. The maximum absolute atomic E-state index is 14.0. The van der Waals surface area contributed by atoms with Crippen LogP contribution in [-0.4, -0.2) is 30.5 Å². The van der Waals surface area contributed by atoms with Gasteiger partial charge in [-0.2, -0.15) is 4.31 Å². The van der Waals surface area contributed by atoms with Crippen LogP contribution in [-0.2, 0) is 10.0 Å². The van der Waals surface area contributed by atoms with Crippen LogP contribution in [0.25, 0.3) is 0 Å². The predicted molar refractivity (Wildman–Crippen MR) is 72.3 cm³/mol. The quantitative estimate of drug-likeness (QED) is 0.936. The molecule has 2 atom stereocenters. The molecule has 2 heterocycles. The maximum Gasteiger partial charge on any atom is 0.277 e. The average molecular weight is 329 g/mol. The molecule has 3 rings (SSSR count). The molecule has 22 heavy (non-hydrogen) atoms. The largest absolute Gasteiger partial charge is 0.452 e. The van der Waals surface area contributed by atoms with E-state index in [-0.39, 0.29) is 23.6 Å². The normalized spacial score (nSPS) is 23.0. The van der Waals surface area contributed by atoms with Crippen LogP contribution in [0.2, 0.25) is 0 Å². The molecule has 0 aliphatic carbocycles. The molecule has 0 amide bonds. The van der Waals surface area contributed by atoms with Gasteiger partial charge in [0, 0.05) is 12.1 Å². The highest BCUT2D eigenvalue weighted by atomic mass is 32.2. The molecule has 0 unspecified atom stereocenters. The number of hydrogen-bond acceptors (Lipinski definition) is 4. The summed E-state index contributed by atoms with van der Waals surface area (Å²) in [5.74, 6) is -1.40. The first-order chi connectivity index (χ1) is 10.4. The molecule has 5 nitrogen and oxygen atoms in total. The van der Waals surface area contributed by atoms with E-state index in [0.29, 0.717) is 0 Å². The zero-order valence-corrected chi connectivity index (χ0v) is 12.1. The van der Waals surface area contributed by atoms with E-state index in [2.05, 4.69) is 0 Å². The van der Waals surface area contributed by atoms with Crippen molar-refractivity contribution in [3.05, 3.63) is 53.8 Å². The lowest BCUT2D eigenvalue weighted by atomic mass is 10.0. The first-order valence-corrected chi connectivity index (χ1v) is 8.02. The number of nitrogens with zero attached hydrogens (tertiary/aromatic N) is 1. The SMILES string of the molecule is O=S(=O)(c1ccco1)N1C[C@@H](O)C[C@@H]1c1cc(F)ccc1F. The summed E-state index contributed by atoms with van der Waals surface area (Å²) in [4.78, 5) is 0. The van der Waals surface area contributed by atoms with Gasteiger partial charge < -0.3 is 9.52 Å². The van der Waals surface area contributed by atoms with E-state index in [9.17, 15) is 22.3 Å². The Bertz CT molecular complexity index is 776. The summed E-state index contributed by atoms with van der Waals surface area (Å²) in [6, 6.07) is 4.53. The fourth-order valence-electron chi connectivity index (χ4n) is 2.63. The number of β-amino-alcohol motifs (C(OH)–C–C–N with tert-alkyl or cyclic N) is 1. The van der Waals surface area contributed by atoms with Gasteiger partial charge in [-0.15, -0.1) is 0 Å². The molecule has 1 saturated heterocycles. The second kappa shape index (κ2) is 5.45. The number of benzene rings is 1. The van der Waals surface area contributed by atoms with E-state index in [1.54, 1.807) is 0 Å². The van der Waals surface area contributed by atoms with Crippen LogP contribution in [0.5, 0.6) is 0 Å². The summed E-state index contributed by atoms with van der Waals surface area (Å²) >= 11 is 0. The summed E-state index contributed by atoms with van der Waals surface area (Å²) in [6.07, 6.45) is 0.231. The van der Waals surface area contributed by atoms with Gasteiger partial charge in [-0.3, -0.25) is 0 Å². The van der Waals surface area contributed by atoms with Gasteiger partial charge in [0.05, 0.1) is 18.4 Å². The van der Waals surface area contributed by atoms with E-state index in [4.69, 9.17) is 4.42 Å². The van der Waals surface area contributed by atoms with Crippen LogP contribution >= 0.6 is 0 Å². The number of halogens is 2. The fraction of sp³-hybridized carbons (Fsp3) is 0.286. The molecule has 8 heteroatoms. The zero-order chi connectivity index (χ0) is 15.9. The molecule has 1 aromatic carbocycles. The van der Waals surface area contributed by atoms with Crippen LogP contribution in [0.3, 0.4) is 0 Å². The maximum atomic E-state index is 14.0. The van der Waals surface area contributed by atoms with Crippen LogP contribution in [0, 0.1) is 11.6 Å². The van der Waals surface area contributed by atoms with Crippen molar-refractivity contribution in [3.63, 3.8) is 0 Å². The molecule has 0 saturated carbocycles. The highest BCUT2D eigenvalue weighted by Gasteiger charge is 2.42. The third kappa shape index (κ3) is 2.53. The van der Waals surface area contributed by atoms with E-state index < -0.39 is 33.8 Å². The van der Waals surface area contributed by atoms with Gasteiger partial charge in [0.25, 0.3) is 10.0 Å². The van der Waals surface area contributed by atoms with Gasteiger partial charge in [0.1, 0.15) is 11.6 Å². The molecular weight excluding hydrogens is 316 g/mol. The number of aliphatic hydroxyl groups excluding tert-OH is 1. The minimum absolute atomic E-state index is 0.0136. The Morgan fingerprint density at radius 1 is 1.27 bits per heavy atom. The van der Waals surface area contributed by atoms with Crippen molar-refractivity contribution >= 4 is 10.0 Å². The minimum atomic E-state index is -4.04. The Kier molecular flexibility index (Phi) is 3.75. The van der Waals surface area contributed by atoms with Crippen molar-refractivity contribution in [2.45, 2.75) is 23.7 Å². The second-order valence-electron chi connectivity index (χ2n) is 5.08. The Morgan fingerprint density at radius 3 is 2.73 bits per heavy atom. The topological polar surface area (TPSA) is 70.8 Å². The fourth-order valence-corrected chi connectivity index (χ4v) is 4.19. The minimum Gasteiger partial charge on any atom is -0.452 e. The molecule has 1 N–H and O–H groups in total. The molecule has 118 valence electrons. The van der Waals surface area contributed by atoms with E-state index in [1.807, 2.05) is 0 Å². The zero-order valence-electron chi connectivity index (χ0n) is 11.3. The molecule has 0 bridgehead atoms. The summed E-state index contributed by atoms with van der Waals surface area (Å²) in [7, 11) is -4.04. The molecule has 0 radical (unpaired) electrons. The Morgan fingerprint density at radius 2 is 2.05 bits per heavy atom. The van der Waals surface area contributed by atoms with E-state index in [0.717, 1.165) is 22.5 Å². The van der Waals surface area contributed by atoms with Crippen molar-refractivity contribution in [2.24, 2.45) is 0 Å². The van der Waals surface area contributed by atoms with Crippen molar-refractivity contribution in [1.82, 2.24) is 4.31 Å². The summed E-state index contributed by atoms with van der Waals surface area (Å²) in [5.41, 5.74) is -0.105. The third-order valence-corrected chi connectivity index (χ3v) is 5.37. The Hall–Kier alpha value is -1.77. The summed E-state index contributed by atoms with van der Waals surface area (Å²) in [6.45, 7) is -0.205. The lowest BCUT2D eigenvalue weighted by Gasteiger charge is -2.23. The van der Waals surface area contributed by atoms with E-state index >= 15 is 0 Å².